The van der Waals surface area contributed by atoms with Crippen LogP contribution in [0.15, 0.2) is 30.6 Å². The van der Waals surface area contributed by atoms with E-state index in [1.807, 2.05) is 6.92 Å². The Hall–Kier alpha value is -3.09. The van der Waals surface area contributed by atoms with E-state index in [1.54, 1.807) is 12.3 Å². The van der Waals surface area contributed by atoms with Gasteiger partial charge in [0.15, 0.2) is 5.65 Å². The van der Waals surface area contributed by atoms with Crippen LogP contribution in [0.4, 0.5) is 4.39 Å². The summed E-state index contributed by atoms with van der Waals surface area (Å²) in [6.07, 6.45) is 5.27. The summed E-state index contributed by atoms with van der Waals surface area (Å²) >= 11 is 0. The lowest BCUT2D eigenvalue weighted by Gasteiger charge is -2.08. The molecule has 4 aromatic heterocycles. The zero-order chi connectivity index (χ0) is 17.4. The maximum atomic E-state index is 13.4. The molecule has 1 N–H and O–H groups in total. The maximum Gasteiger partial charge on any atom is 0.155 e. The molecule has 1 aliphatic carbocycles. The molecule has 128 valence electrons. The number of aryl methyl sites for hydroxylation is 1. The van der Waals surface area contributed by atoms with Crippen LogP contribution in [0.1, 0.15) is 23.9 Å². The fourth-order valence-electron chi connectivity index (χ4n) is 4.18. The van der Waals surface area contributed by atoms with E-state index >= 15 is 0 Å². The van der Waals surface area contributed by atoms with E-state index in [0.717, 1.165) is 40.0 Å². The lowest BCUT2D eigenvalue weighted by atomic mass is 9.97. The highest BCUT2D eigenvalue weighted by molar-refractivity contribution is 5.97. The highest BCUT2D eigenvalue weighted by atomic mass is 19.1. The molecule has 7 heteroatoms. The van der Waals surface area contributed by atoms with Crippen molar-refractivity contribution in [1.82, 2.24) is 29.9 Å². The van der Waals surface area contributed by atoms with Gasteiger partial charge in [-0.25, -0.2) is 9.37 Å². The molecule has 6 nitrogen and oxygen atoms in total. The minimum Gasteiger partial charge on any atom is -0.265 e. The van der Waals surface area contributed by atoms with Crippen molar-refractivity contribution in [3.63, 3.8) is 0 Å². The summed E-state index contributed by atoms with van der Waals surface area (Å²) in [5, 5.41) is 13.0. The van der Waals surface area contributed by atoms with Crippen LogP contribution in [0.2, 0.25) is 0 Å². The van der Waals surface area contributed by atoms with Gasteiger partial charge < -0.3 is 0 Å². The Morgan fingerprint density at radius 3 is 3.04 bits per heavy atom. The van der Waals surface area contributed by atoms with Crippen molar-refractivity contribution in [2.45, 2.75) is 25.8 Å². The Kier molecular flexibility index (Phi) is 2.58. The van der Waals surface area contributed by atoms with Crippen molar-refractivity contribution in [3.8, 4) is 22.5 Å². The van der Waals surface area contributed by atoms with Crippen molar-refractivity contribution < 1.29 is 4.39 Å². The summed E-state index contributed by atoms with van der Waals surface area (Å²) in [5.74, 6) is 0.357. The molecule has 0 saturated heterocycles. The highest BCUT2D eigenvalue weighted by Crippen LogP contribution is 2.55. The number of halogens is 1. The van der Waals surface area contributed by atoms with Crippen LogP contribution >= 0.6 is 0 Å². The van der Waals surface area contributed by atoms with Crippen LogP contribution in [-0.4, -0.2) is 29.9 Å². The monoisotopic (exact) mass is 346 g/mol. The standard InChI is InChI=1S/C19H15FN6/c1-9-4-12(13-8-22-24-19(13)23-9)17-16-6-10-5-15(10)26(16)25-18(17)14-3-2-11(20)7-21-14/h2-4,7-8,10,15H,5-6H2,1H3,(H,22,23,24)/t10-,15-/m0/s1. The number of aromatic amines is 1. The Morgan fingerprint density at radius 2 is 2.19 bits per heavy atom. The number of nitrogens with one attached hydrogen (secondary N) is 1. The highest BCUT2D eigenvalue weighted by Gasteiger charge is 2.48. The molecule has 1 aliphatic heterocycles. The van der Waals surface area contributed by atoms with Crippen LogP contribution < -0.4 is 0 Å². The largest absolute Gasteiger partial charge is 0.265 e. The lowest BCUT2D eigenvalue weighted by molar-refractivity contribution is 0.621. The number of aromatic nitrogens is 6. The van der Waals surface area contributed by atoms with E-state index in [0.29, 0.717) is 17.7 Å². The topological polar surface area (TPSA) is 72.3 Å². The minimum atomic E-state index is -0.346. The Morgan fingerprint density at radius 1 is 1.27 bits per heavy atom. The summed E-state index contributed by atoms with van der Waals surface area (Å²) in [7, 11) is 0. The van der Waals surface area contributed by atoms with Gasteiger partial charge >= 0.3 is 0 Å². The van der Waals surface area contributed by atoms with Gasteiger partial charge in [0.2, 0.25) is 0 Å². The van der Waals surface area contributed by atoms with Gasteiger partial charge in [-0.1, -0.05) is 0 Å². The van der Waals surface area contributed by atoms with E-state index in [-0.39, 0.29) is 5.82 Å². The van der Waals surface area contributed by atoms with Crippen molar-refractivity contribution in [3.05, 3.63) is 47.8 Å². The normalized spacial score (nSPS) is 20.4. The molecule has 0 amide bonds. The van der Waals surface area contributed by atoms with Crippen LogP contribution in [0.5, 0.6) is 0 Å². The van der Waals surface area contributed by atoms with Crippen molar-refractivity contribution >= 4 is 11.0 Å². The summed E-state index contributed by atoms with van der Waals surface area (Å²) in [5.41, 5.74) is 6.54. The average molecular weight is 346 g/mol. The van der Waals surface area contributed by atoms with Crippen LogP contribution in [0.25, 0.3) is 33.5 Å². The summed E-state index contributed by atoms with van der Waals surface area (Å²) in [4.78, 5) is 8.81. The lowest BCUT2D eigenvalue weighted by Crippen LogP contribution is -1.96. The predicted molar refractivity (Wildman–Crippen MR) is 93.9 cm³/mol. The fourth-order valence-corrected chi connectivity index (χ4v) is 4.18. The second kappa shape index (κ2) is 4.75. The van der Waals surface area contributed by atoms with Gasteiger partial charge in [0.25, 0.3) is 0 Å². The van der Waals surface area contributed by atoms with Gasteiger partial charge in [0.1, 0.15) is 11.5 Å². The summed E-state index contributed by atoms with van der Waals surface area (Å²) < 4.78 is 15.5. The molecule has 0 aromatic carbocycles. The number of rotatable bonds is 2. The van der Waals surface area contributed by atoms with Crippen LogP contribution in [0.3, 0.4) is 0 Å². The van der Waals surface area contributed by atoms with Gasteiger partial charge in [-0.3, -0.25) is 14.8 Å². The van der Waals surface area contributed by atoms with E-state index in [4.69, 9.17) is 5.10 Å². The predicted octanol–water partition coefficient (Wildman–Crippen LogP) is 3.45. The molecule has 26 heavy (non-hydrogen) atoms. The number of fused-ring (bicyclic) bond motifs is 4. The number of pyridine rings is 2. The number of hydrogen-bond acceptors (Lipinski definition) is 4. The Labute approximate surface area is 148 Å². The zero-order valence-electron chi connectivity index (χ0n) is 14.1. The molecule has 1 saturated carbocycles. The van der Waals surface area contributed by atoms with Gasteiger partial charge in [-0.05, 0) is 43.9 Å². The maximum absolute atomic E-state index is 13.4. The second-order valence-electron chi connectivity index (χ2n) is 7.19. The third kappa shape index (κ3) is 1.85. The molecule has 4 aromatic rings. The molecule has 5 heterocycles. The van der Waals surface area contributed by atoms with E-state index in [1.165, 1.54) is 24.4 Å². The smallest absolute Gasteiger partial charge is 0.155 e. The van der Waals surface area contributed by atoms with E-state index < -0.39 is 0 Å². The molecule has 1 fully saturated rings. The summed E-state index contributed by atoms with van der Waals surface area (Å²) in [6.45, 7) is 1.97. The molecular formula is C19H15FN6. The fraction of sp³-hybridized carbons (Fsp3) is 0.263. The van der Waals surface area contributed by atoms with Crippen LogP contribution in [-0.2, 0) is 6.42 Å². The molecule has 6 rings (SSSR count). The molecule has 0 spiro atoms. The summed E-state index contributed by atoms with van der Waals surface area (Å²) in [6, 6.07) is 5.71. The van der Waals surface area contributed by atoms with Gasteiger partial charge in [0, 0.05) is 27.9 Å². The molecule has 0 bridgehead atoms. The number of nitrogens with zero attached hydrogens (tertiary/aromatic N) is 5. The third-order valence-corrected chi connectivity index (χ3v) is 5.45. The van der Waals surface area contributed by atoms with Crippen LogP contribution in [0, 0.1) is 18.7 Å². The molecule has 2 aliphatic rings. The Balaban J connectivity index is 1.67. The Bertz CT molecular complexity index is 1170. The van der Waals surface area contributed by atoms with Crippen molar-refractivity contribution in [2.24, 2.45) is 5.92 Å². The molecule has 0 radical (unpaired) electrons. The second-order valence-corrected chi connectivity index (χ2v) is 7.19. The number of H-pyrrole nitrogens is 1. The quantitative estimate of drug-likeness (QED) is 0.603. The average Bonchev–Trinajstić information content (AvgIpc) is 2.96. The first-order chi connectivity index (χ1) is 12.7. The first-order valence-corrected chi connectivity index (χ1v) is 8.73. The van der Waals surface area contributed by atoms with Gasteiger partial charge in [0.05, 0.1) is 24.1 Å². The van der Waals surface area contributed by atoms with Crippen molar-refractivity contribution in [1.29, 1.82) is 0 Å². The minimum absolute atomic E-state index is 0.346. The first kappa shape index (κ1) is 14.1. The van der Waals surface area contributed by atoms with E-state index in [9.17, 15) is 4.39 Å². The first-order valence-electron chi connectivity index (χ1n) is 8.73. The molecule has 0 unspecified atom stereocenters. The van der Waals surface area contributed by atoms with Gasteiger partial charge in [-0.15, -0.1) is 0 Å². The third-order valence-electron chi connectivity index (χ3n) is 5.45. The van der Waals surface area contributed by atoms with Gasteiger partial charge in [-0.2, -0.15) is 10.2 Å². The zero-order valence-corrected chi connectivity index (χ0v) is 14.1. The number of hydrogen-bond donors (Lipinski definition) is 1. The SMILES string of the molecule is Cc1cc(-c2c(-c3ccc(F)cn3)nn3c2C[C@@H]2C[C@@H]23)c2cn[nH]c2n1. The molecular weight excluding hydrogens is 331 g/mol. The van der Waals surface area contributed by atoms with Crippen molar-refractivity contribution in [2.75, 3.05) is 0 Å². The molecule has 2 atom stereocenters. The van der Waals surface area contributed by atoms with E-state index in [2.05, 4.69) is 30.9 Å².